The van der Waals surface area contributed by atoms with E-state index >= 15 is 0 Å². The van der Waals surface area contributed by atoms with Crippen LogP contribution in [0.3, 0.4) is 0 Å². The summed E-state index contributed by atoms with van der Waals surface area (Å²) in [5.74, 6) is 0.308. The van der Waals surface area contributed by atoms with Crippen molar-refractivity contribution in [3.63, 3.8) is 0 Å². The first-order valence-electron chi connectivity index (χ1n) is 8.56. The van der Waals surface area contributed by atoms with Crippen molar-refractivity contribution in [1.82, 2.24) is 9.80 Å². The Morgan fingerprint density at radius 2 is 1.78 bits per heavy atom. The molecule has 2 heterocycles. The Labute approximate surface area is 148 Å². The van der Waals surface area contributed by atoms with Gasteiger partial charge in [0.15, 0.2) is 5.78 Å². The zero-order valence-corrected chi connectivity index (χ0v) is 15.0. The van der Waals surface area contributed by atoms with Crippen LogP contribution in [0.25, 0.3) is 0 Å². The summed E-state index contributed by atoms with van der Waals surface area (Å²) in [5, 5.41) is 1.06. The highest BCUT2D eigenvalue weighted by Gasteiger charge is 2.30. The summed E-state index contributed by atoms with van der Waals surface area (Å²) < 4.78 is 0. The van der Waals surface area contributed by atoms with Gasteiger partial charge in [0.1, 0.15) is 0 Å². The zero-order valence-electron chi connectivity index (χ0n) is 13.4. The van der Waals surface area contributed by atoms with Crippen molar-refractivity contribution in [2.75, 3.05) is 26.3 Å². The molecule has 3 rings (SSSR count). The second-order valence-corrected chi connectivity index (χ2v) is 7.50. The standard InChI is InChI=1S/C18H24Cl2N2O/c19-15-7-6-14(11-16(15)20)12-18(23)17-5-1-2-10-22(17)13-21-8-3-4-9-21/h6-7,11,17H,1-5,8-10,12-13H2. The van der Waals surface area contributed by atoms with Gasteiger partial charge in [-0.05, 0) is 56.5 Å². The van der Waals surface area contributed by atoms with Gasteiger partial charge in [0.25, 0.3) is 0 Å². The molecule has 2 fully saturated rings. The number of Topliss-reactive ketones (excluding diaryl/α,β-unsaturated/α-hetero) is 1. The van der Waals surface area contributed by atoms with Crippen LogP contribution in [0.2, 0.25) is 10.0 Å². The Balaban J connectivity index is 1.64. The lowest BCUT2D eigenvalue weighted by Gasteiger charge is -2.37. The van der Waals surface area contributed by atoms with Crippen molar-refractivity contribution in [1.29, 1.82) is 0 Å². The molecule has 1 aromatic carbocycles. The third kappa shape index (κ3) is 4.48. The number of likely N-dealkylation sites (tertiary alicyclic amines) is 2. The number of piperidine rings is 1. The second kappa shape index (κ2) is 7.98. The fourth-order valence-corrected chi connectivity index (χ4v) is 4.00. The lowest BCUT2D eigenvalue weighted by Crippen LogP contribution is -2.49. The molecule has 0 spiro atoms. The number of carbonyl (C=O) groups is 1. The molecule has 2 saturated heterocycles. The van der Waals surface area contributed by atoms with Crippen LogP contribution in [0.4, 0.5) is 0 Å². The Bertz CT molecular complexity index is 558. The van der Waals surface area contributed by atoms with Crippen molar-refractivity contribution < 1.29 is 4.79 Å². The number of hydrogen-bond acceptors (Lipinski definition) is 3. The zero-order chi connectivity index (χ0) is 16.2. The highest BCUT2D eigenvalue weighted by Crippen LogP contribution is 2.25. The van der Waals surface area contributed by atoms with E-state index in [0.717, 1.165) is 31.6 Å². The predicted octanol–water partition coefficient (Wildman–Crippen LogP) is 4.01. The fourth-order valence-electron chi connectivity index (χ4n) is 3.67. The van der Waals surface area contributed by atoms with Gasteiger partial charge in [-0.15, -0.1) is 0 Å². The van der Waals surface area contributed by atoms with Crippen LogP contribution in [0.15, 0.2) is 18.2 Å². The molecular weight excluding hydrogens is 331 g/mol. The molecule has 0 bridgehead atoms. The normalized spacial score (nSPS) is 23.3. The maximum atomic E-state index is 12.8. The van der Waals surface area contributed by atoms with Crippen molar-refractivity contribution in [3.8, 4) is 0 Å². The Morgan fingerprint density at radius 3 is 2.52 bits per heavy atom. The monoisotopic (exact) mass is 354 g/mol. The molecule has 5 heteroatoms. The smallest absolute Gasteiger partial charge is 0.154 e. The van der Waals surface area contributed by atoms with E-state index < -0.39 is 0 Å². The summed E-state index contributed by atoms with van der Waals surface area (Å²) in [5.41, 5.74) is 0.955. The minimum Gasteiger partial charge on any atom is -0.298 e. The maximum absolute atomic E-state index is 12.8. The lowest BCUT2D eigenvalue weighted by atomic mass is 9.95. The molecule has 3 nitrogen and oxygen atoms in total. The number of rotatable bonds is 5. The molecular formula is C18H24Cl2N2O. The van der Waals surface area contributed by atoms with Gasteiger partial charge in [0.2, 0.25) is 0 Å². The van der Waals surface area contributed by atoms with Crippen LogP contribution in [0, 0.1) is 0 Å². The van der Waals surface area contributed by atoms with Crippen LogP contribution in [-0.4, -0.2) is 47.9 Å². The Hall–Kier alpha value is -0.610. The quantitative estimate of drug-likeness (QED) is 0.797. The molecule has 1 aromatic rings. The van der Waals surface area contributed by atoms with E-state index in [2.05, 4.69) is 9.80 Å². The van der Waals surface area contributed by atoms with Gasteiger partial charge in [-0.1, -0.05) is 35.7 Å². The van der Waals surface area contributed by atoms with E-state index in [1.807, 2.05) is 12.1 Å². The number of ketones is 1. The molecule has 0 aliphatic carbocycles. The maximum Gasteiger partial charge on any atom is 0.154 e. The minimum absolute atomic E-state index is 0.0544. The van der Waals surface area contributed by atoms with Crippen molar-refractivity contribution in [3.05, 3.63) is 33.8 Å². The highest BCUT2D eigenvalue weighted by molar-refractivity contribution is 6.42. The predicted molar refractivity (Wildman–Crippen MR) is 95.2 cm³/mol. The van der Waals surface area contributed by atoms with Crippen LogP contribution < -0.4 is 0 Å². The summed E-state index contributed by atoms with van der Waals surface area (Å²) >= 11 is 12.0. The average molecular weight is 355 g/mol. The van der Waals surface area contributed by atoms with Gasteiger partial charge < -0.3 is 0 Å². The first-order chi connectivity index (χ1) is 11.1. The van der Waals surface area contributed by atoms with Crippen LogP contribution in [-0.2, 0) is 11.2 Å². The van der Waals surface area contributed by atoms with Gasteiger partial charge >= 0.3 is 0 Å². The lowest BCUT2D eigenvalue weighted by molar-refractivity contribution is -0.125. The molecule has 23 heavy (non-hydrogen) atoms. The summed E-state index contributed by atoms with van der Waals surface area (Å²) in [6, 6.07) is 5.55. The van der Waals surface area contributed by atoms with Crippen LogP contribution >= 0.6 is 23.2 Å². The van der Waals surface area contributed by atoms with Crippen LogP contribution in [0.5, 0.6) is 0 Å². The summed E-state index contributed by atoms with van der Waals surface area (Å²) in [6.45, 7) is 4.32. The van der Waals surface area contributed by atoms with Crippen LogP contribution in [0.1, 0.15) is 37.7 Å². The minimum atomic E-state index is 0.0544. The molecule has 0 radical (unpaired) electrons. The SMILES string of the molecule is O=C(Cc1ccc(Cl)c(Cl)c1)C1CCCCN1CN1CCCC1. The van der Waals surface area contributed by atoms with Gasteiger partial charge in [-0.3, -0.25) is 14.6 Å². The summed E-state index contributed by atoms with van der Waals surface area (Å²) in [4.78, 5) is 17.7. The van der Waals surface area contributed by atoms with Gasteiger partial charge in [0, 0.05) is 13.0 Å². The van der Waals surface area contributed by atoms with Crippen molar-refractivity contribution in [2.24, 2.45) is 0 Å². The van der Waals surface area contributed by atoms with E-state index in [1.54, 1.807) is 6.07 Å². The molecule has 0 amide bonds. The number of hydrogen-bond donors (Lipinski definition) is 0. The first-order valence-corrected chi connectivity index (χ1v) is 9.32. The summed E-state index contributed by atoms with van der Waals surface area (Å²) in [6.07, 6.45) is 6.34. The molecule has 2 aliphatic rings. The molecule has 126 valence electrons. The van der Waals surface area contributed by atoms with E-state index in [4.69, 9.17) is 23.2 Å². The molecule has 2 aliphatic heterocycles. The number of carbonyl (C=O) groups excluding carboxylic acids is 1. The molecule has 1 unspecified atom stereocenters. The molecule has 0 N–H and O–H groups in total. The van der Waals surface area contributed by atoms with E-state index in [-0.39, 0.29) is 6.04 Å². The fraction of sp³-hybridized carbons (Fsp3) is 0.611. The first kappa shape index (κ1) is 17.2. The van der Waals surface area contributed by atoms with E-state index in [9.17, 15) is 4.79 Å². The third-order valence-electron chi connectivity index (χ3n) is 4.93. The number of benzene rings is 1. The third-order valence-corrected chi connectivity index (χ3v) is 5.67. The Kier molecular flexibility index (Phi) is 5.97. The molecule has 0 aromatic heterocycles. The van der Waals surface area contributed by atoms with Gasteiger partial charge in [-0.25, -0.2) is 0 Å². The Morgan fingerprint density at radius 1 is 1.04 bits per heavy atom. The topological polar surface area (TPSA) is 23.6 Å². The molecule has 0 saturated carbocycles. The summed E-state index contributed by atoms with van der Waals surface area (Å²) in [7, 11) is 0. The number of nitrogens with zero attached hydrogens (tertiary/aromatic N) is 2. The number of halogens is 2. The van der Waals surface area contributed by atoms with E-state index in [0.29, 0.717) is 22.2 Å². The van der Waals surface area contributed by atoms with Crippen molar-refractivity contribution >= 4 is 29.0 Å². The molecule has 1 atom stereocenters. The van der Waals surface area contributed by atoms with Crippen molar-refractivity contribution in [2.45, 2.75) is 44.6 Å². The van der Waals surface area contributed by atoms with E-state index in [1.165, 1.54) is 32.4 Å². The highest BCUT2D eigenvalue weighted by atomic mass is 35.5. The van der Waals surface area contributed by atoms with Gasteiger partial charge in [-0.2, -0.15) is 0 Å². The largest absolute Gasteiger partial charge is 0.298 e. The van der Waals surface area contributed by atoms with Gasteiger partial charge in [0.05, 0.1) is 22.8 Å². The average Bonchev–Trinajstić information content (AvgIpc) is 3.04. The second-order valence-electron chi connectivity index (χ2n) is 6.68.